The Labute approximate surface area is 144 Å². The van der Waals surface area contributed by atoms with Crippen LogP contribution in [0.2, 0.25) is 0 Å². The summed E-state index contributed by atoms with van der Waals surface area (Å²) in [5.41, 5.74) is 0.907. The number of carbonyl (C=O) groups excluding carboxylic acids is 3. The van der Waals surface area contributed by atoms with E-state index in [1.807, 2.05) is 36.4 Å². The highest BCUT2D eigenvalue weighted by Gasteiger charge is 2.41. The summed E-state index contributed by atoms with van der Waals surface area (Å²) in [6, 6.07) is 21.0. The molecule has 1 aliphatic rings. The van der Waals surface area contributed by atoms with Crippen LogP contribution < -0.4 is 4.90 Å². The second-order valence-corrected chi connectivity index (χ2v) is 5.80. The minimum absolute atomic E-state index is 0.137. The van der Waals surface area contributed by atoms with E-state index >= 15 is 0 Å². The van der Waals surface area contributed by atoms with Gasteiger partial charge < -0.3 is 0 Å². The number of benzene rings is 3. The molecular weight excluding hydrogens is 316 g/mol. The summed E-state index contributed by atoms with van der Waals surface area (Å²) in [7, 11) is 0. The van der Waals surface area contributed by atoms with E-state index in [0.717, 1.165) is 15.7 Å². The van der Waals surface area contributed by atoms with E-state index in [4.69, 9.17) is 0 Å². The molecule has 4 rings (SSSR count). The third-order valence-corrected chi connectivity index (χ3v) is 4.23. The average Bonchev–Trinajstić information content (AvgIpc) is 2.95. The molecule has 122 valence electrons. The molecule has 0 bridgehead atoms. The van der Waals surface area contributed by atoms with Gasteiger partial charge in [-0.1, -0.05) is 48.5 Å². The van der Waals surface area contributed by atoms with Gasteiger partial charge in [0, 0.05) is 11.3 Å². The zero-order valence-electron chi connectivity index (χ0n) is 13.3. The highest BCUT2D eigenvalue weighted by molar-refractivity contribution is 6.25. The van der Waals surface area contributed by atoms with E-state index in [0.29, 0.717) is 11.3 Å². The van der Waals surface area contributed by atoms with Crippen molar-refractivity contribution in [1.29, 1.82) is 0 Å². The molecule has 1 heterocycles. The fraction of sp³-hybridized carbons (Fsp3) is 0.0500. The van der Waals surface area contributed by atoms with E-state index in [-0.39, 0.29) is 6.54 Å². The Morgan fingerprint density at radius 1 is 0.800 bits per heavy atom. The second kappa shape index (κ2) is 5.87. The van der Waals surface area contributed by atoms with Crippen LogP contribution in [0.5, 0.6) is 0 Å². The molecular formula is C20H14N2O3. The van der Waals surface area contributed by atoms with Crippen LogP contribution in [0.25, 0.3) is 10.8 Å². The maximum Gasteiger partial charge on any atom is 0.338 e. The lowest BCUT2D eigenvalue weighted by atomic mass is 10.1. The topological polar surface area (TPSA) is 57.7 Å². The normalized spacial score (nSPS) is 14.4. The van der Waals surface area contributed by atoms with Gasteiger partial charge in [0.25, 0.3) is 11.8 Å². The van der Waals surface area contributed by atoms with Crippen LogP contribution in [0.3, 0.4) is 0 Å². The number of fused-ring (bicyclic) bond motifs is 1. The lowest BCUT2D eigenvalue weighted by Crippen LogP contribution is -2.38. The predicted octanol–water partition coefficient (Wildman–Crippen LogP) is 3.45. The molecule has 0 radical (unpaired) electrons. The molecule has 0 spiro atoms. The van der Waals surface area contributed by atoms with Gasteiger partial charge in [-0.05, 0) is 35.0 Å². The zero-order valence-corrected chi connectivity index (χ0v) is 13.3. The number of hydrogen-bond donors (Lipinski definition) is 0. The number of anilines is 1. The van der Waals surface area contributed by atoms with E-state index < -0.39 is 17.8 Å². The Bertz CT molecular complexity index is 998. The summed E-state index contributed by atoms with van der Waals surface area (Å²) in [4.78, 5) is 39.7. The number of urea groups is 1. The van der Waals surface area contributed by atoms with Gasteiger partial charge >= 0.3 is 6.03 Å². The molecule has 0 atom stereocenters. The standard InChI is InChI=1S/C20H14N2O3/c23-18-13-21(17-8-2-1-3-9-17)20(25)22(18)19(24)16-11-10-14-6-4-5-7-15(14)12-16/h1-12H,13H2. The van der Waals surface area contributed by atoms with Crippen molar-refractivity contribution in [2.75, 3.05) is 11.4 Å². The molecule has 0 unspecified atom stereocenters. The summed E-state index contributed by atoms with van der Waals surface area (Å²) in [6.07, 6.45) is 0. The minimum Gasteiger partial charge on any atom is -0.284 e. The number of rotatable bonds is 2. The van der Waals surface area contributed by atoms with E-state index in [1.165, 1.54) is 4.90 Å². The monoisotopic (exact) mass is 330 g/mol. The average molecular weight is 330 g/mol. The predicted molar refractivity (Wildman–Crippen MR) is 94.3 cm³/mol. The van der Waals surface area contributed by atoms with E-state index in [1.54, 1.807) is 36.4 Å². The molecule has 0 N–H and O–H groups in total. The van der Waals surface area contributed by atoms with Crippen LogP contribution in [0, 0.1) is 0 Å². The summed E-state index contributed by atoms with van der Waals surface area (Å²) in [5, 5.41) is 1.87. The number of hydrogen-bond acceptors (Lipinski definition) is 3. The van der Waals surface area contributed by atoms with Gasteiger partial charge in [0.1, 0.15) is 6.54 Å². The molecule has 1 aliphatic heterocycles. The highest BCUT2D eigenvalue weighted by atomic mass is 16.2. The van der Waals surface area contributed by atoms with Crippen molar-refractivity contribution in [3.8, 4) is 0 Å². The first-order valence-electron chi connectivity index (χ1n) is 7.88. The van der Waals surface area contributed by atoms with Gasteiger partial charge in [-0.25, -0.2) is 4.79 Å². The second-order valence-electron chi connectivity index (χ2n) is 5.80. The molecule has 0 aromatic heterocycles. The Balaban J connectivity index is 1.67. The smallest absolute Gasteiger partial charge is 0.284 e. The van der Waals surface area contributed by atoms with Crippen LogP contribution in [-0.2, 0) is 4.79 Å². The van der Waals surface area contributed by atoms with Gasteiger partial charge in [0.2, 0.25) is 0 Å². The fourth-order valence-electron chi connectivity index (χ4n) is 2.96. The summed E-state index contributed by atoms with van der Waals surface area (Å²) in [5.74, 6) is -1.12. The molecule has 5 nitrogen and oxygen atoms in total. The third kappa shape index (κ3) is 2.55. The van der Waals surface area contributed by atoms with Gasteiger partial charge in [-0.15, -0.1) is 0 Å². The Kier molecular flexibility index (Phi) is 3.54. The maximum atomic E-state index is 12.7. The Morgan fingerprint density at radius 3 is 2.24 bits per heavy atom. The molecule has 3 aromatic carbocycles. The van der Waals surface area contributed by atoms with Crippen LogP contribution >= 0.6 is 0 Å². The van der Waals surface area contributed by atoms with Crippen molar-refractivity contribution in [2.45, 2.75) is 0 Å². The van der Waals surface area contributed by atoms with E-state index in [2.05, 4.69) is 0 Å². The molecule has 0 aliphatic carbocycles. The molecule has 1 fully saturated rings. The molecule has 0 saturated carbocycles. The van der Waals surface area contributed by atoms with Gasteiger partial charge in [-0.2, -0.15) is 4.90 Å². The van der Waals surface area contributed by atoms with Crippen LogP contribution in [0.15, 0.2) is 72.8 Å². The fourth-order valence-corrected chi connectivity index (χ4v) is 2.96. The zero-order chi connectivity index (χ0) is 17.4. The third-order valence-electron chi connectivity index (χ3n) is 4.23. The van der Waals surface area contributed by atoms with Gasteiger partial charge in [0.15, 0.2) is 0 Å². The van der Waals surface area contributed by atoms with Crippen LogP contribution in [0.4, 0.5) is 10.5 Å². The lowest BCUT2D eigenvalue weighted by Gasteiger charge is -2.16. The van der Waals surface area contributed by atoms with Gasteiger partial charge in [-0.3, -0.25) is 14.5 Å². The SMILES string of the molecule is O=C1CN(c2ccccc2)C(=O)N1C(=O)c1ccc2ccccc2c1. The van der Waals surface area contributed by atoms with Crippen LogP contribution in [0.1, 0.15) is 10.4 Å². The molecule has 5 heteroatoms. The van der Waals surface area contributed by atoms with Crippen molar-refractivity contribution in [1.82, 2.24) is 4.90 Å². The number of amides is 4. The van der Waals surface area contributed by atoms with Gasteiger partial charge in [0.05, 0.1) is 0 Å². The molecule has 1 saturated heterocycles. The van der Waals surface area contributed by atoms with Crippen molar-refractivity contribution in [3.63, 3.8) is 0 Å². The summed E-state index contributed by atoms with van der Waals surface area (Å²) < 4.78 is 0. The largest absolute Gasteiger partial charge is 0.338 e. The van der Waals surface area contributed by atoms with Crippen molar-refractivity contribution < 1.29 is 14.4 Å². The number of nitrogens with zero attached hydrogens (tertiary/aromatic N) is 2. The number of carbonyl (C=O) groups is 3. The molecule has 4 amide bonds. The first-order valence-corrected chi connectivity index (χ1v) is 7.88. The first-order chi connectivity index (χ1) is 12.1. The highest BCUT2D eigenvalue weighted by Crippen LogP contribution is 2.23. The molecule has 3 aromatic rings. The molecule has 25 heavy (non-hydrogen) atoms. The Hall–Kier alpha value is -3.47. The summed E-state index contributed by atoms with van der Waals surface area (Å²) >= 11 is 0. The number of para-hydroxylation sites is 1. The summed E-state index contributed by atoms with van der Waals surface area (Å²) in [6.45, 7) is -0.137. The van der Waals surface area contributed by atoms with Crippen LogP contribution in [-0.4, -0.2) is 29.3 Å². The maximum absolute atomic E-state index is 12.7. The first kappa shape index (κ1) is 15.1. The lowest BCUT2D eigenvalue weighted by molar-refractivity contribution is -0.123. The quantitative estimate of drug-likeness (QED) is 0.534. The van der Waals surface area contributed by atoms with Crippen molar-refractivity contribution >= 4 is 34.3 Å². The minimum atomic E-state index is -0.616. The Morgan fingerprint density at radius 2 is 1.48 bits per heavy atom. The van der Waals surface area contributed by atoms with Crippen molar-refractivity contribution in [2.24, 2.45) is 0 Å². The van der Waals surface area contributed by atoms with E-state index in [9.17, 15) is 14.4 Å². The van der Waals surface area contributed by atoms with Crippen molar-refractivity contribution in [3.05, 3.63) is 78.4 Å². The number of imide groups is 3.